The highest BCUT2D eigenvalue weighted by Crippen LogP contribution is 2.20. The first-order chi connectivity index (χ1) is 8.84. The molecule has 3 rings (SSSR count). The van der Waals surface area contributed by atoms with Crippen LogP contribution in [0.5, 0.6) is 0 Å². The Labute approximate surface area is 107 Å². The Bertz CT molecular complexity index is 545. The molecule has 1 aliphatic rings. The van der Waals surface area contributed by atoms with Crippen molar-refractivity contribution in [3.8, 4) is 0 Å². The second kappa shape index (κ2) is 4.84. The average molecular weight is 239 g/mol. The standard InChI is InChI=1S/C14H14BNO2/c17-15-13-7-4-8-14(12(13)10-18-15)16-9-11-5-2-1-3-6-11/h1-8,16-17H,9-10H2. The highest BCUT2D eigenvalue weighted by atomic mass is 16.5. The molecule has 3 nitrogen and oxygen atoms in total. The summed E-state index contributed by atoms with van der Waals surface area (Å²) in [6.45, 7) is 1.24. The average Bonchev–Trinajstić information content (AvgIpc) is 2.80. The van der Waals surface area contributed by atoms with E-state index in [0.29, 0.717) is 6.61 Å². The Morgan fingerprint density at radius 1 is 1.11 bits per heavy atom. The Morgan fingerprint density at radius 3 is 2.78 bits per heavy atom. The smallest absolute Gasteiger partial charge is 0.423 e. The van der Waals surface area contributed by atoms with Crippen LogP contribution in [-0.4, -0.2) is 12.1 Å². The van der Waals surface area contributed by atoms with Crippen LogP contribution in [-0.2, 0) is 17.8 Å². The van der Waals surface area contributed by atoms with Crippen LogP contribution in [0.25, 0.3) is 0 Å². The van der Waals surface area contributed by atoms with Crippen LogP contribution in [0.1, 0.15) is 11.1 Å². The fourth-order valence-electron chi connectivity index (χ4n) is 2.21. The van der Waals surface area contributed by atoms with E-state index in [1.54, 1.807) is 0 Å². The molecule has 0 amide bonds. The van der Waals surface area contributed by atoms with Crippen LogP contribution in [0.4, 0.5) is 5.69 Å². The summed E-state index contributed by atoms with van der Waals surface area (Å²) in [6, 6.07) is 16.1. The summed E-state index contributed by atoms with van der Waals surface area (Å²) in [4.78, 5) is 0. The molecule has 0 saturated heterocycles. The van der Waals surface area contributed by atoms with Gasteiger partial charge in [0.05, 0.1) is 6.61 Å². The van der Waals surface area contributed by atoms with Crippen molar-refractivity contribution in [2.24, 2.45) is 0 Å². The lowest BCUT2D eigenvalue weighted by molar-refractivity contribution is 0.275. The summed E-state index contributed by atoms with van der Waals surface area (Å²) >= 11 is 0. The molecule has 2 N–H and O–H groups in total. The number of benzene rings is 2. The topological polar surface area (TPSA) is 41.5 Å². The molecule has 2 aromatic carbocycles. The van der Waals surface area contributed by atoms with E-state index in [0.717, 1.165) is 23.3 Å². The van der Waals surface area contributed by atoms with E-state index in [1.807, 2.05) is 36.4 Å². The van der Waals surface area contributed by atoms with Crippen LogP contribution < -0.4 is 10.8 Å². The van der Waals surface area contributed by atoms with E-state index in [9.17, 15) is 5.02 Å². The molecule has 0 atom stereocenters. The molecule has 0 radical (unpaired) electrons. The van der Waals surface area contributed by atoms with Crippen molar-refractivity contribution in [3.05, 3.63) is 59.7 Å². The van der Waals surface area contributed by atoms with Gasteiger partial charge in [-0.15, -0.1) is 0 Å². The summed E-state index contributed by atoms with van der Waals surface area (Å²) in [5.74, 6) is 0. The van der Waals surface area contributed by atoms with Gasteiger partial charge in [0, 0.05) is 12.2 Å². The van der Waals surface area contributed by atoms with Gasteiger partial charge in [-0.1, -0.05) is 42.5 Å². The van der Waals surface area contributed by atoms with Gasteiger partial charge in [0.1, 0.15) is 0 Å². The molecule has 1 aliphatic heterocycles. The van der Waals surface area contributed by atoms with Crippen LogP contribution in [0.2, 0.25) is 0 Å². The number of hydrogen-bond donors (Lipinski definition) is 2. The quantitative estimate of drug-likeness (QED) is 0.798. The van der Waals surface area contributed by atoms with E-state index >= 15 is 0 Å². The molecule has 2 aromatic rings. The van der Waals surface area contributed by atoms with Crippen molar-refractivity contribution in [2.75, 3.05) is 5.32 Å². The molecular formula is C14H14BNO2. The summed E-state index contributed by atoms with van der Waals surface area (Å²) < 4.78 is 5.23. The fourth-order valence-corrected chi connectivity index (χ4v) is 2.21. The Balaban J connectivity index is 1.78. The van der Waals surface area contributed by atoms with Gasteiger partial charge in [0.2, 0.25) is 0 Å². The summed E-state index contributed by atoms with van der Waals surface area (Å²) in [6.07, 6.45) is 0. The molecular weight excluding hydrogens is 225 g/mol. The Kier molecular flexibility index (Phi) is 3.05. The minimum Gasteiger partial charge on any atom is -0.423 e. The summed E-state index contributed by atoms with van der Waals surface area (Å²) in [5, 5.41) is 13.0. The van der Waals surface area contributed by atoms with Crippen LogP contribution >= 0.6 is 0 Å². The fraction of sp³-hybridized carbons (Fsp3) is 0.143. The monoisotopic (exact) mass is 239 g/mol. The zero-order valence-corrected chi connectivity index (χ0v) is 9.97. The van der Waals surface area contributed by atoms with E-state index in [1.165, 1.54) is 5.56 Å². The normalized spacial score (nSPS) is 13.5. The third-order valence-corrected chi connectivity index (χ3v) is 3.19. The molecule has 1 heterocycles. The van der Waals surface area contributed by atoms with Crippen molar-refractivity contribution in [3.63, 3.8) is 0 Å². The van der Waals surface area contributed by atoms with Gasteiger partial charge in [-0.05, 0) is 22.7 Å². The van der Waals surface area contributed by atoms with Gasteiger partial charge in [-0.3, -0.25) is 0 Å². The first-order valence-corrected chi connectivity index (χ1v) is 6.04. The molecule has 0 saturated carbocycles. The van der Waals surface area contributed by atoms with Gasteiger partial charge in [-0.2, -0.15) is 0 Å². The van der Waals surface area contributed by atoms with Gasteiger partial charge >= 0.3 is 7.12 Å². The summed E-state index contributed by atoms with van der Waals surface area (Å²) in [5.41, 5.74) is 4.19. The predicted octanol–water partition coefficient (Wildman–Crippen LogP) is 1.52. The van der Waals surface area contributed by atoms with E-state index in [2.05, 4.69) is 17.4 Å². The van der Waals surface area contributed by atoms with E-state index in [4.69, 9.17) is 4.65 Å². The Hall–Kier alpha value is -1.78. The number of rotatable bonds is 3. The zero-order chi connectivity index (χ0) is 12.4. The molecule has 18 heavy (non-hydrogen) atoms. The van der Waals surface area contributed by atoms with Crippen LogP contribution in [0.3, 0.4) is 0 Å². The molecule has 0 bridgehead atoms. The largest absolute Gasteiger partial charge is 0.491 e. The van der Waals surface area contributed by atoms with E-state index < -0.39 is 7.12 Å². The maximum atomic E-state index is 9.64. The first-order valence-electron chi connectivity index (χ1n) is 6.04. The minimum atomic E-state index is -0.779. The lowest BCUT2D eigenvalue weighted by Gasteiger charge is -2.10. The van der Waals surface area contributed by atoms with Crippen LogP contribution in [0.15, 0.2) is 48.5 Å². The van der Waals surface area contributed by atoms with Crippen molar-refractivity contribution >= 4 is 18.3 Å². The lowest BCUT2D eigenvalue weighted by Crippen LogP contribution is -2.28. The second-order valence-electron chi connectivity index (χ2n) is 4.38. The Morgan fingerprint density at radius 2 is 1.94 bits per heavy atom. The molecule has 4 heteroatoms. The predicted molar refractivity (Wildman–Crippen MR) is 72.6 cm³/mol. The maximum Gasteiger partial charge on any atom is 0.491 e. The molecule has 0 aliphatic carbocycles. The SMILES string of the molecule is OB1OCc2c(NCc3ccccc3)cccc21. The van der Waals surface area contributed by atoms with Crippen molar-refractivity contribution < 1.29 is 9.68 Å². The van der Waals surface area contributed by atoms with Crippen molar-refractivity contribution in [1.82, 2.24) is 0 Å². The van der Waals surface area contributed by atoms with Crippen molar-refractivity contribution in [1.29, 1.82) is 0 Å². The number of hydrogen-bond acceptors (Lipinski definition) is 3. The molecule has 0 spiro atoms. The van der Waals surface area contributed by atoms with Gasteiger partial charge in [-0.25, -0.2) is 0 Å². The molecule has 0 fully saturated rings. The number of fused-ring (bicyclic) bond motifs is 1. The third-order valence-electron chi connectivity index (χ3n) is 3.19. The third kappa shape index (κ3) is 2.12. The maximum absolute atomic E-state index is 9.64. The zero-order valence-electron chi connectivity index (χ0n) is 9.97. The van der Waals surface area contributed by atoms with Gasteiger partial charge in [0.15, 0.2) is 0 Å². The summed E-state index contributed by atoms with van der Waals surface area (Å²) in [7, 11) is -0.779. The lowest BCUT2D eigenvalue weighted by atomic mass is 9.79. The highest BCUT2D eigenvalue weighted by molar-refractivity contribution is 6.61. The minimum absolute atomic E-state index is 0.467. The highest BCUT2D eigenvalue weighted by Gasteiger charge is 2.28. The van der Waals surface area contributed by atoms with E-state index in [-0.39, 0.29) is 0 Å². The second-order valence-corrected chi connectivity index (χ2v) is 4.38. The molecule has 0 aromatic heterocycles. The number of nitrogens with one attached hydrogen (secondary N) is 1. The molecule has 0 unspecified atom stereocenters. The number of anilines is 1. The first kappa shape index (κ1) is 11.3. The van der Waals surface area contributed by atoms with Crippen LogP contribution in [0, 0.1) is 0 Å². The van der Waals surface area contributed by atoms with Gasteiger partial charge < -0.3 is 15.0 Å². The molecule has 90 valence electrons. The van der Waals surface area contributed by atoms with Gasteiger partial charge in [0.25, 0.3) is 0 Å². The van der Waals surface area contributed by atoms with Crippen molar-refractivity contribution in [2.45, 2.75) is 13.2 Å².